The number of hydrogen-bond acceptors (Lipinski definition) is 3. The summed E-state index contributed by atoms with van der Waals surface area (Å²) in [4.78, 5) is 16.5. The molecule has 1 amide bonds. The lowest BCUT2D eigenvalue weighted by molar-refractivity contribution is -0.132. The number of carbonyl (C=O) groups excluding carboxylic acids is 1. The normalized spacial score (nSPS) is 18.9. The summed E-state index contributed by atoms with van der Waals surface area (Å²) in [5.41, 5.74) is 7.18. The summed E-state index contributed by atoms with van der Waals surface area (Å²) < 4.78 is 0. The van der Waals surface area contributed by atoms with Gasteiger partial charge in [-0.3, -0.25) is 4.79 Å². The molecule has 1 atom stereocenters. The zero-order valence-corrected chi connectivity index (χ0v) is 11.6. The molecule has 0 bridgehead atoms. The Kier molecular flexibility index (Phi) is 4.93. The van der Waals surface area contributed by atoms with E-state index in [2.05, 4.69) is 11.9 Å². The summed E-state index contributed by atoms with van der Waals surface area (Å²) in [5, 5.41) is 0. The van der Waals surface area contributed by atoms with Crippen LogP contribution in [-0.2, 0) is 11.2 Å². The second kappa shape index (κ2) is 6.68. The van der Waals surface area contributed by atoms with Gasteiger partial charge in [0.15, 0.2) is 0 Å². The van der Waals surface area contributed by atoms with Gasteiger partial charge in [-0.1, -0.05) is 30.3 Å². The third-order valence-electron chi connectivity index (χ3n) is 3.65. The van der Waals surface area contributed by atoms with Crippen LogP contribution in [0.3, 0.4) is 0 Å². The minimum Gasteiger partial charge on any atom is -0.340 e. The van der Waals surface area contributed by atoms with Crippen molar-refractivity contribution in [3.05, 3.63) is 35.9 Å². The Morgan fingerprint density at radius 3 is 2.68 bits per heavy atom. The maximum Gasteiger partial charge on any atom is 0.239 e. The van der Waals surface area contributed by atoms with Gasteiger partial charge in [0, 0.05) is 19.6 Å². The smallest absolute Gasteiger partial charge is 0.239 e. The minimum absolute atomic E-state index is 0.0825. The Hall–Kier alpha value is -1.39. The van der Waals surface area contributed by atoms with E-state index in [-0.39, 0.29) is 5.91 Å². The number of carbonyl (C=O) groups is 1. The monoisotopic (exact) mass is 261 g/mol. The highest BCUT2D eigenvalue weighted by molar-refractivity contribution is 5.82. The van der Waals surface area contributed by atoms with E-state index in [1.165, 1.54) is 0 Å². The Balaban J connectivity index is 1.91. The lowest BCUT2D eigenvalue weighted by Crippen LogP contribution is -2.46. The molecular weight excluding hydrogens is 238 g/mol. The van der Waals surface area contributed by atoms with Gasteiger partial charge in [0.25, 0.3) is 0 Å². The molecule has 1 saturated heterocycles. The first-order chi connectivity index (χ1) is 9.16. The first kappa shape index (κ1) is 14.0. The summed E-state index contributed by atoms with van der Waals surface area (Å²) >= 11 is 0. The molecule has 1 aromatic carbocycles. The SMILES string of the molecule is CN1CCCN(C(=O)[C@H](N)Cc2ccccc2)CC1. The van der Waals surface area contributed by atoms with Crippen molar-refractivity contribution < 1.29 is 4.79 Å². The molecule has 1 heterocycles. The van der Waals surface area contributed by atoms with Crippen molar-refractivity contribution >= 4 is 5.91 Å². The van der Waals surface area contributed by atoms with E-state index in [0.29, 0.717) is 6.42 Å². The zero-order chi connectivity index (χ0) is 13.7. The van der Waals surface area contributed by atoms with Crippen molar-refractivity contribution in [1.82, 2.24) is 9.80 Å². The number of nitrogens with two attached hydrogens (primary N) is 1. The van der Waals surface area contributed by atoms with Gasteiger partial charge >= 0.3 is 0 Å². The van der Waals surface area contributed by atoms with Crippen LogP contribution in [0.2, 0.25) is 0 Å². The van der Waals surface area contributed by atoms with Crippen LogP contribution in [0.1, 0.15) is 12.0 Å². The zero-order valence-electron chi connectivity index (χ0n) is 11.6. The van der Waals surface area contributed by atoms with E-state index >= 15 is 0 Å². The van der Waals surface area contributed by atoms with Gasteiger partial charge in [-0.15, -0.1) is 0 Å². The summed E-state index contributed by atoms with van der Waals surface area (Å²) in [7, 11) is 2.10. The number of benzene rings is 1. The number of hydrogen-bond donors (Lipinski definition) is 1. The minimum atomic E-state index is -0.425. The van der Waals surface area contributed by atoms with Crippen LogP contribution < -0.4 is 5.73 Å². The van der Waals surface area contributed by atoms with Crippen LogP contribution >= 0.6 is 0 Å². The third kappa shape index (κ3) is 4.04. The molecule has 19 heavy (non-hydrogen) atoms. The van der Waals surface area contributed by atoms with Crippen molar-refractivity contribution in [3.8, 4) is 0 Å². The fourth-order valence-electron chi connectivity index (χ4n) is 2.46. The molecule has 1 aromatic rings. The number of likely N-dealkylation sites (N-methyl/N-ethyl adjacent to an activating group) is 1. The van der Waals surface area contributed by atoms with Crippen LogP contribution in [0.25, 0.3) is 0 Å². The van der Waals surface area contributed by atoms with E-state index < -0.39 is 6.04 Å². The van der Waals surface area contributed by atoms with Crippen LogP contribution in [-0.4, -0.2) is 55.0 Å². The maximum atomic E-state index is 12.3. The second-order valence-corrected chi connectivity index (χ2v) is 5.28. The summed E-state index contributed by atoms with van der Waals surface area (Å²) in [6.07, 6.45) is 1.65. The predicted molar refractivity (Wildman–Crippen MR) is 76.8 cm³/mol. The number of rotatable bonds is 3. The van der Waals surface area contributed by atoms with E-state index in [4.69, 9.17) is 5.73 Å². The Bertz CT molecular complexity index is 407. The molecule has 104 valence electrons. The first-order valence-electron chi connectivity index (χ1n) is 6.93. The molecule has 0 aromatic heterocycles. The molecule has 0 aliphatic carbocycles. The van der Waals surface area contributed by atoms with Crippen LogP contribution in [0.4, 0.5) is 0 Å². The molecule has 1 aliphatic rings. The van der Waals surface area contributed by atoms with Gasteiger partial charge in [0.1, 0.15) is 0 Å². The molecule has 2 rings (SSSR count). The van der Waals surface area contributed by atoms with Crippen molar-refractivity contribution in [2.75, 3.05) is 33.2 Å². The molecule has 1 aliphatic heterocycles. The van der Waals surface area contributed by atoms with Gasteiger partial charge in [0.05, 0.1) is 6.04 Å². The lowest BCUT2D eigenvalue weighted by atomic mass is 10.1. The molecule has 1 fully saturated rings. The largest absolute Gasteiger partial charge is 0.340 e. The molecular formula is C15H23N3O. The van der Waals surface area contributed by atoms with Gasteiger partial charge in [-0.05, 0) is 32.0 Å². The van der Waals surface area contributed by atoms with Crippen molar-refractivity contribution in [2.45, 2.75) is 18.9 Å². The average Bonchev–Trinajstić information content (AvgIpc) is 2.64. The second-order valence-electron chi connectivity index (χ2n) is 5.28. The average molecular weight is 261 g/mol. The Labute approximate surface area is 115 Å². The van der Waals surface area contributed by atoms with Crippen LogP contribution in [0.15, 0.2) is 30.3 Å². The summed E-state index contributed by atoms with van der Waals surface area (Å²) in [6.45, 7) is 3.60. The van der Waals surface area contributed by atoms with Gasteiger partial charge in [-0.2, -0.15) is 0 Å². The Morgan fingerprint density at radius 2 is 1.95 bits per heavy atom. The van der Waals surface area contributed by atoms with Crippen LogP contribution in [0, 0.1) is 0 Å². The predicted octanol–water partition coefficient (Wildman–Crippen LogP) is 0.721. The van der Waals surface area contributed by atoms with Gasteiger partial charge < -0.3 is 15.5 Å². The molecule has 4 heteroatoms. The maximum absolute atomic E-state index is 12.3. The van der Waals surface area contributed by atoms with Crippen molar-refractivity contribution in [2.24, 2.45) is 5.73 Å². The number of amides is 1. The van der Waals surface area contributed by atoms with Gasteiger partial charge in [0.2, 0.25) is 5.91 Å². The molecule has 4 nitrogen and oxygen atoms in total. The molecule has 0 spiro atoms. The molecule has 0 unspecified atom stereocenters. The van der Waals surface area contributed by atoms with E-state index in [0.717, 1.165) is 38.2 Å². The van der Waals surface area contributed by atoms with E-state index in [9.17, 15) is 4.79 Å². The van der Waals surface area contributed by atoms with Crippen LogP contribution in [0.5, 0.6) is 0 Å². The van der Waals surface area contributed by atoms with Crippen molar-refractivity contribution in [1.29, 1.82) is 0 Å². The topological polar surface area (TPSA) is 49.6 Å². The van der Waals surface area contributed by atoms with E-state index in [1.54, 1.807) is 0 Å². The Morgan fingerprint density at radius 1 is 1.21 bits per heavy atom. The fraction of sp³-hybridized carbons (Fsp3) is 0.533. The van der Waals surface area contributed by atoms with Crippen molar-refractivity contribution in [3.63, 3.8) is 0 Å². The highest BCUT2D eigenvalue weighted by atomic mass is 16.2. The van der Waals surface area contributed by atoms with Gasteiger partial charge in [-0.25, -0.2) is 0 Å². The highest BCUT2D eigenvalue weighted by Gasteiger charge is 2.22. The fourth-order valence-corrected chi connectivity index (χ4v) is 2.46. The molecule has 0 saturated carbocycles. The lowest BCUT2D eigenvalue weighted by Gasteiger charge is -2.24. The third-order valence-corrected chi connectivity index (χ3v) is 3.65. The summed E-state index contributed by atoms with van der Waals surface area (Å²) in [6, 6.07) is 9.54. The highest BCUT2D eigenvalue weighted by Crippen LogP contribution is 2.07. The first-order valence-corrected chi connectivity index (χ1v) is 6.93. The molecule has 0 radical (unpaired) electrons. The summed E-state index contributed by atoms with van der Waals surface area (Å²) in [5.74, 6) is 0.0825. The van der Waals surface area contributed by atoms with E-state index in [1.807, 2.05) is 35.2 Å². The quantitative estimate of drug-likeness (QED) is 0.872. The molecule has 2 N–H and O–H groups in total. The standard InChI is InChI=1S/C15H23N3O/c1-17-8-5-9-18(11-10-17)15(19)14(16)12-13-6-3-2-4-7-13/h2-4,6-7,14H,5,8-12,16H2,1H3/t14-/m1/s1. The number of nitrogens with zero attached hydrogens (tertiary/aromatic N) is 2.